The third-order valence-corrected chi connectivity index (χ3v) is 3.96. The number of carbonyl (C=O) groups excluding carboxylic acids is 1. The van der Waals surface area contributed by atoms with Gasteiger partial charge in [0, 0.05) is 25.8 Å². The molecule has 0 saturated carbocycles. The highest BCUT2D eigenvalue weighted by molar-refractivity contribution is 5.81. The van der Waals surface area contributed by atoms with E-state index < -0.39 is 6.04 Å². The lowest BCUT2D eigenvalue weighted by Crippen LogP contribution is -2.45. The first-order valence-corrected chi connectivity index (χ1v) is 8.38. The summed E-state index contributed by atoms with van der Waals surface area (Å²) in [6.07, 6.45) is 3.84. The Morgan fingerprint density at radius 3 is 2.70 bits per heavy atom. The minimum absolute atomic E-state index is 0.105. The van der Waals surface area contributed by atoms with Crippen LogP contribution in [0.2, 0.25) is 0 Å². The van der Waals surface area contributed by atoms with Gasteiger partial charge in [-0.05, 0) is 31.9 Å². The molecule has 1 amide bonds. The minimum atomic E-state index is -0.427. The molecule has 0 spiro atoms. The summed E-state index contributed by atoms with van der Waals surface area (Å²) >= 11 is 0. The number of hydrogen-bond acceptors (Lipinski definition) is 5. The summed E-state index contributed by atoms with van der Waals surface area (Å²) in [6.45, 7) is 8.32. The van der Waals surface area contributed by atoms with Gasteiger partial charge in [0.25, 0.3) is 0 Å². The summed E-state index contributed by atoms with van der Waals surface area (Å²) in [5.41, 5.74) is 6.77. The molecule has 0 aromatic carbocycles. The number of hydrogen-bond donors (Lipinski definition) is 2. The van der Waals surface area contributed by atoms with Gasteiger partial charge in [-0.1, -0.05) is 19.4 Å². The standard InChI is InChI=1S/C17H28N4O2/c1-4-5-15(18)17(22)20-9-14-6-7-16(19-8-14)21-10-12(2)23-13(3)11-21/h6-8,12-13,15H,4-5,9-11,18H2,1-3H3,(H,20,22). The van der Waals surface area contributed by atoms with Crippen molar-refractivity contribution in [2.45, 2.75) is 58.4 Å². The summed E-state index contributed by atoms with van der Waals surface area (Å²) in [7, 11) is 0. The van der Waals surface area contributed by atoms with E-state index in [2.05, 4.69) is 29.0 Å². The SMILES string of the molecule is CCCC(N)C(=O)NCc1ccc(N2CC(C)OC(C)C2)nc1. The van der Waals surface area contributed by atoms with E-state index in [0.717, 1.165) is 30.9 Å². The lowest BCUT2D eigenvalue weighted by Gasteiger charge is -2.36. The number of nitrogens with two attached hydrogens (primary N) is 1. The maximum absolute atomic E-state index is 11.8. The molecule has 6 heteroatoms. The van der Waals surface area contributed by atoms with Crippen LogP contribution in [0.4, 0.5) is 5.82 Å². The Balaban J connectivity index is 1.88. The summed E-state index contributed by atoms with van der Waals surface area (Å²) in [5.74, 6) is 0.844. The molecule has 0 bridgehead atoms. The van der Waals surface area contributed by atoms with Gasteiger partial charge in [0.2, 0.25) is 5.91 Å². The molecular formula is C17H28N4O2. The van der Waals surface area contributed by atoms with E-state index >= 15 is 0 Å². The Labute approximate surface area is 138 Å². The Morgan fingerprint density at radius 1 is 1.43 bits per heavy atom. The second kappa shape index (κ2) is 8.26. The maximum atomic E-state index is 11.8. The number of anilines is 1. The molecule has 2 rings (SSSR count). The molecule has 0 radical (unpaired) electrons. The topological polar surface area (TPSA) is 80.5 Å². The number of amides is 1. The smallest absolute Gasteiger partial charge is 0.237 e. The van der Waals surface area contributed by atoms with Gasteiger partial charge in [0.1, 0.15) is 5.82 Å². The van der Waals surface area contributed by atoms with Gasteiger partial charge >= 0.3 is 0 Å². The Kier molecular flexibility index (Phi) is 6.36. The van der Waals surface area contributed by atoms with Crippen molar-refractivity contribution < 1.29 is 9.53 Å². The largest absolute Gasteiger partial charge is 0.372 e. The maximum Gasteiger partial charge on any atom is 0.237 e. The molecule has 1 aromatic heterocycles. The van der Waals surface area contributed by atoms with Gasteiger partial charge in [-0.2, -0.15) is 0 Å². The van der Waals surface area contributed by atoms with Crippen molar-refractivity contribution in [2.24, 2.45) is 5.73 Å². The van der Waals surface area contributed by atoms with Gasteiger partial charge in [0.15, 0.2) is 0 Å². The first-order chi connectivity index (χ1) is 11.0. The summed E-state index contributed by atoms with van der Waals surface area (Å²) in [5, 5.41) is 2.86. The van der Waals surface area contributed by atoms with Crippen molar-refractivity contribution >= 4 is 11.7 Å². The zero-order valence-electron chi connectivity index (χ0n) is 14.3. The normalized spacial score (nSPS) is 22.7. The highest BCUT2D eigenvalue weighted by Gasteiger charge is 2.23. The molecule has 3 unspecified atom stereocenters. The number of morpholine rings is 1. The lowest BCUT2D eigenvalue weighted by atomic mass is 10.1. The fraction of sp³-hybridized carbons (Fsp3) is 0.647. The van der Waals surface area contributed by atoms with Crippen molar-refractivity contribution in [3.63, 3.8) is 0 Å². The molecule has 2 heterocycles. The highest BCUT2D eigenvalue weighted by atomic mass is 16.5. The predicted octanol–water partition coefficient (Wildman–Crippen LogP) is 1.44. The average molecular weight is 320 g/mol. The molecule has 23 heavy (non-hydrogen) atoms. The van der Waals surface area contributed by atoms with E-state index in [1.54, 1.807) is 0 Å². The first-order valence-electron chi connectivity index (χ1n) is 8.38. The fourth-order valence-corrected chi connectivity index (χ4v) is 2.84. The highest BCUT2D eigenvalue weighted by Crippen LogP contribution is 2.18. The quantitative estimate of drug-likeness (QED) is 0.829. The van der Waals surface area contributed by atoms with Crippen LogP contribution in [-0.4, -0.2) is 42.2 Å². The zero-order valence-corrected chi connectivity index (χ0v) is 14.3. The third kappa shape index (κ3) is 5.18. The summed E-state index contributed by atoms with van der Waals surface area (Å²) < 4.78 is 5.74. The fourth-order valence-electron chi connectivity index (χ4n) is 2.84. The van der Waals surface area contributed by atoms with Gasteiger partial charge < -0.3 is 20.7 Å². The summed E-state index contributed by atoms with van der Waals surface area (Å²) in [4.78, 5) is 18.6. The number of aromatic nitrogens is 1. The molecule has 3 N–H and O–H groups in total. The molecule has 1 aliphatic heterocycles. The number of carbonyl (C=O) groups is 1. The van der Waals surface area contributed by atoms with Crippen LogP contribution in [-0.2, 0) is 16.1 Å². The average Bonchev–Trinajstić information content (AvgIpc) is 2.52. The second-order valence-corrected chi connectivity index (χ2v) is 6.30. The Bertz CT molecular complexity index is 496. The number of ether oxygens (including phenoxy) is 1. The van der Waals surface area contributed by atoms with Crippen LogP contribution < -0.4 is 16.0 Å². The van der Waals surface area contributed by atoms with E-state index in [-0.39, 0.29) is 18.1 Å². The predicted molar refractivity (Wildman–Crippen MR) is 91.2 cm³/mol. The van der Waals surface area contributed by atoms with Gasteiger partial charge in [-0.15, -0.1) is 0 Å². The zero-order chi connectivity index (χ0) is 16.8. The molecule has 3 atom stereocenters. The van der Waals surface area contributed by atoms with Crippen molar-refractivity contribution in [1.82, 2.24) is 10.3 Å². The Hall–Kier alpha value is -1.66. The van der Waals surface area contributed by atoms with E-state index in [1.165, 1.54) is 0 Å². The van der Waals surface area contributed by atoms with Crippen molar-refractivity contribution in [2.75, 3.05) is 18.0 Å². The van der Waals surface area contributed by atoms with Crippen LogP contribution in [0.15, 0.2) is 18.3 Å². The van der Waals surface area contributed by atoms with E-state index in [1.807, 2.05) is 25.3 Å². The van der Waals surface area contributed by atoms with Crippen LogP contribution >= 0.6 is 0 Å². The number of pyridine rings is 1. The van der Waals surface area contributed by atoms with E-state index in [9.17, 15) is 4.79 Å². The number of nitrogens with one attached hydrogen (secondary N) is 1. The van der Waals surface area contributed by atoms with Gasteiger partial charge in [0.05, 0.1) is 18.2 Å². The number of nitrogens with zero attached hydrogens (tertiary/aromatic N) is 2. The third-order valence-electron chi connectivity index (χ3n) is 3.96. The van der Waals surface area contributed by atoms with Gasteiger partial charge in [-0.3, -0.25) is 4.79 Å². The minimum Gasteiger partial charge on any atom is -0.372 e. The second-order valence-electron chi connectivity index (χ2n) is 6.30. The van der Waals surface area contributed by atoms with Crippen LogP contribution in [0, 0.1) is 0 Å². The van der Waals surface area contributed by atoms with Crippen molar-refractivity contribution in [3.05, 3.63) is 23.9 Å². The summed E-state index contributed by atoms with van der Waals surface area (Å²) in [6, 6.07) is 3.57. The molecule has 1 aliphatic rings. The molecule has 0 aliphatic carbocycles. The molecule has 1 fully saturated rings. The number of rotatable bonds is 6. The molecule has 128 valence electrons. The molecular weight excluding hydrogens is 292 g/mol. The lowest BCUT2D eigenvalue weighted by molar-refractivity contribution is -0.122. The molecule has 6 nitrogen and oxygen atoms in total. The Morgan fingerprint density at radius 2 is 2.13 bits per heavy atom. The van der Waals surface area contributed by atoms with Crippen LogP contribution in [0.1, 0.15) is 39.2 Å². The van der Waals surface area contributed by atoms with Crippen LogP contribution in [0.3, 0.4) is 0 Å². The molecule has 1 aromatic rings. The van der Waals surface area contributed by atoms with E-state index in [0.29, 0.717) is 13.0 Å². The van der Waals surface area contributed by atoms with Crippen LogP contribution in [0.5, 0.6) is 0 Å². The van der Waals surface area contributed by atoms with Gasteiger partial charge in [-0.25, -0.2) is 4.98 Å². The molecule has 1 saturated heterocycles. The monoisotopic (exact) mass is 320 g/mol. The van der Waals surface area contributed by atoms with Crippen molar-refractivity contribution in [1.29, 1.82) is 0 Å². The van der Waals surface area contributed by atoms with Crippen molar-refractivity contribution in [3.8, 4) is 0 Å². The first kappa shape index (κ1) is 17.7. The van der Waals surface area contributed by atoms with E-state index in [4.69, 9.17) is 10.5 Å². The van der Waals surface area contributed by atoms with Crippen LogP contribution in [0.25, 0.3) is 0 Å².